The normalized spacial score (nSPS) is 10.3. The summed E-state index contributed by atoms with van der Waals surface area (Å²) in [6.07, 6.45) is 0. The molecule has 0 saturated heterocycles. The van der Waals surface area contributed by atoms with Crippen molar-refractivity contribution in [2.45, 2.75) is 6.92 Å². The van der Waals surface area contributed by atoms with Crippen LogP contribution in [0.15, 0.2) is 36.4 Å². The summed E-state index contributed by atoms with van der Waals surface area (Å²) in [6, 6.07) is 8.90. The number of halogens is 2. The summed E-state index contributed by atoms with van der Waals surface area (Å²) in [5, 5.41) is 2.72. The first-order valence-corrected chi connectivity index (χ1v) is 5.15. The predicted octanol–water partition coefficient (Wildman–Crippen LogP) is 3.60. The average Bonchev–Trinajstić information content (AvgIpc) is 2.29. The average molecular weight is 234 g/mol. The van der Waals surface area contributed by atoms with Crippen molar-refractivity contribution in [3.63, 3.8) is 0 Å². The lowest BCUT2D eigenvalue weighted by Crippen LogP contribution is -2.00. The maximum absolute atomic E-state index is 13.4. The van der Waals surface area contributed by atoms with E-state index in [1.54, 1.807) is 25.1 Å². The SMILES string of the molecule is Cc1c(N)cccc1Nc1c(F)cccc1F. The van der Waals surface area contributed by atoms with E-state index in [0.29, 0.717) is 11.4 Å². The van der Waals surface area contributed by atoms with Crippen LogP contribution in [-0.4, -0.2) is 0 Å². The highest BCUT2D eigenvalue weighted by atomic mass is 19.1. The number of nitrogen functional groups attached to an aromatic ring is 1. The molecule has 17 heavy (non-hydrogen) atoms. The van der Waals surface area contributed by atoms with Gasteiger partial charge in [0.25, 0.3) is 0 Å². The van der Waals surface area contributed by atoms with Gasteiger partial charge in [0.2, 0.25) is 0 Å². The first kappa shape index (κ1) is 11.4. The number of para-hydroxylation sites is 1. The van der Waals surface area contributed by atoms with E-state index in [4.69, 9.17) is 5.73 Å². The van der Waals surface area contributed by atoms with E-state index in [1.807, 2.05) is 0 Å². The van der Waals surface area contributed by atoms with Gasteiger partial charge in [-0.2, -0.15) is 0 Å². The molecule has 88 valence electrons. The summed E-state index contributed by atoms with van der Waals surface area (Å²) >= 11 is 0. The molecule has 4 heteroatoms. The standard InChI is InChI=1S/C13H12F2N2/c1-8-11(16)6-3-7-12(8)17-13-9(14)4-2-5-10(13)15/h2-7,17H,16H2,1H3. The van der Waals surface area contributed by atoms with E-state index < -0.39 is 11.6 Å². The van der Waals surface area contributed by atoms with Crippen molar-refractivity contribution >= 4 is 17.1 Å². The molecule has 0 aromatic heterocycles. The molecule has 0 radical (unpaired) electrons. The third-order valence-corrected chi connectivity index (χ3v) is 2.60. The van der Waals surface area contributed by atoms with Crippen LogP contribution in [0.2, 0.25) is 0 Å². The minimum atomic E-state index is -0.633. The Morgan fingerprint density at radius 2 is 1.59 bits per heavy atom. The molecule has 0 aliphatic carbocycles. The summed E-state index contributed by atoms with van der Waals surface area (Å²) in [6.45, 7) is 1.79. The fraction of sp³-hybridized carbons (Fsp3) is 0.0769. The summed E-state index contributed by atoms with van der Waals surface area (Å²) < 4.78 is 26.9. The molecule has 0 bridgehead atoms. The van der Waals surface area contributed by atoms with Crippen LogP contribution in [0, 0.1) is 18.6 Å². The number of nitrogens with one attached hydrogen (secondary N) is 1. The van der Waals surface area contributed by atoms with Crippen molar-refractivity contribution < 1.29 is 8.78 Å². The van der Waals surface area contributed by atoms with Crippen LogP contribution in [0.5, 0.6) is 0 Å². The quantitative estimate of drug-likeness (QED) is 0.779. The molecular formula is C13H12F2N2. The number of benzene rings is 2. The number of hydrogen-bond acceptors (Lipinski definition) is 2. The Hall–Kier alpha value is -2.10. The van der Waals surface area contributed by atoms with Gasteiger partial charge in [-0.15, -0.1) is 0 Å². The largest absolute Gasteiger partial charge is 0.398 e. The minimum Gasteiger partial charge on any atom is -0.398 e. The van der Waals surface area contributed by atoms with Gasteiger partial charge < -0.3 is 11.1 Å². The second kappa shape index (κ2) is 4.41. The van der Waals surface area contributed by atoms with Crippen LogP contribution in [-0.2, 0) is 0 Å². The molecule has 0 aliphatic rings. The van der Waals surface area contributed by atoms with Crippen LogP contribution >= 0.6 is 0 Å². The lowest BCUT2D eigenvalue weighted by molar-refractivity contribution is 0.591. The lowest BCUT2D eigenvalue weighted by Gasteiger charge is -2.12. The zero-order chi connectivity index (χ0) is 12.4. The van der Waals surface area contributed by atoms with Crippen molar-refractivity contribution in [1.29, 1.82) is 0 Å². The molecule has 2 aromatic carbocycles. The van der Waals surface area contributed by atoms with Crippen LogP contribution in [0.4, 0.5) is 25.8 Å². The summed E-state index contributed by atoms with van der Waals surface area (Å²) in [5.74, 6) is -1.27. The van der Waals surface area contributed by atoms with Crippen LogP contribution < -0.4 is 11.1 Å². The minimum absolute atomic E-state index is 0.166. The molecule has 0 saturated carbocycles. The van der Waals surface area contributed by atoms with E-state index in [9.17, 15) is 8.78 Å². The van der Waals surface area contributed by atoms with Crippen molar-refractivity contribution in [1.82, 2.24) is 0 Å². The van der Waals surface area contributed by atoms with Gasteiger partial charge in [0.15, 0.2) is 0 Å². The number of hydrogen-bond donors (Lipinski definition) is 2. The van der Waals surface area contributed by atoms with Gasteiger partial charge in [-0.3, -0.25) is 0 Å². The first-order valence-electron chi connectivity index (χ1n) is 5.15. The third-order valence-electron chi connectivity index (χ3n) is 2.60. The fourth-order valence-corrected chi connectivity index (χ4v) is 1.54. The summed E-state index contributed by atoms with van der Waals surface area (Å²) in [7, 11) is 0. The van der Waals surface area contributed by atoms with Crippen LogP contribution in [0.1, 0.15) is 5.56 Å². The van der Waals surface area contributed by atoms with Crippen LogP contribution in [0.25, 0.3) is 0 Å². The highest BCUT2D eigenvalue weighted by Gasteiger charge is 2.10. The Morgan fingerprint density at radius 3 is 2.24 bits per heavy atom. The molecule has 0 heterocycles. The van der Waals surface area contributed by atoms with Crippen molar-refractivity contribution in [2.24, 2.45) is 0 Å². The maximum Gasteiger partial charge on any atom is 0.149 e. The Morgan fingerprint density at radius 1 is 1.00 bits per heavy atom. The van der Waals surface area contributed by atoms with Crippen molar-refractivity contribution in [3.05, 3.63) is 53.6 Å². The van der Waals surface area contributed by atoms with E-state index in [1.165, 1.54) is 18.2 Å². The molecule has 2 aromatic rings. The van der Waals surface area contributed by atoms with E-state index in [-0.39, 0.29) is 5.69 Å². The molecular weight excluding hydrogens is 222 g/mol. The van der Waals surface area contributed by atoms with Gasteiger partial charge in [-0.1, -0.05) is 12.1 Å². The van der Waals surface area contributed by atoms with Gasteiger partial charge >= 0.3 is 0 Å². The summed E-state index contributed by atoms with van der Waals surface area (Å²) in [5.41, 5.74) is 7.48. The van der Waals surface area contributed by atoms with Gasteiger partial charge in [0, 0.05) is 11.4 Å². The Bertz CT molecular complexity index is 533. The Kier molecular flexibility index (Phi) is 2.95. The maximum atomic E-state index is 13.4. The monoisotopic (exact) mass is 234 g/mol. The molecule has 0 aliphatic heterocycles. The third kappa shape index (κ3) is 2.20. The van der Waals surface area contributed by atoms with Gasteiger partial charge in [0.1, 0.15) is 17.3 Å². The zero-order valence-electron chi connectivity index (χ0n) is 9.30. The topological polar surface area (TPSA) is 38.0 Å². The highest BCUT2D eigenvalue weighted by molar-refractivity contribution is 5.69. The van der Waals surface area contributed by atoms with E-state index in [0.717, 1.165) is 5.56 Å². The van der Waals surface area contributed by atoms with Gasteiger partial charge in [-0.25, -0.2) is 8.78 Å². The smallest absolute Gasteiger partial charge is 0.149 e. The first-order chi connectivity index (χ1) is 8.09. The van der Waals surface area contributed by atoms with Crippen molar-refractivity contribution in [2.75, 3.05) is 11.1 Å². The second-order valence-corrected chi connectivity index (χ2v) is 3.74. The second-order valence-electron chi connectivity index (χ2n) is 3.74. The highest BCUT2D eigenvalue weighted by Crippen LogP contribution is 2.27. The molecule has 0 fully saturated rings. The molecule has 0 amide bonds. The van der Waals surface area contributed by atoms with Crippen molar-refractivity contribution in [3.8, 4) is 0 Å². The number of rotatable bonds is 2. The van der Waals surface area contributed by atoms with Crippen LogP contribution in [0.3, 0.4) is 0 Å². The van der Waals surface area contributed by atoms with Gasteiger partial charge in [0.05, 0.1) is 0 Å². The lowest BCUT2D eigenvalue weighted by atomic mass is 10.1. The Labute approximate surface area is 98.1 Å². The molecule has 0 spiro atoms. The fourth-order valence-electron chi connectivity index (χ4n) is 1.54. The molecule has 3 N–H and O–H groups in total. The zero-order valence-corrected chi connectivity index (χ0v) is 9.30. The molecule has 2 nitrogen and oxygen atoms in total. The number of nitrogens with two attached hydrogens (primary N) is 1. The Balaban J connectivity index is 2.42. The predicted molar refractivity (Wildman–Crippen MR) is 65.2 cm³/mol. The molecule has 2 rings (SSSR count). The van der Waals surface area contributed by atoms with Gasteiger partial charge in [-0.05, 0) is 36.8 Å². The van der Waals surface area contributed by atoms with E-state index in [2.05, 4.69) is 5.32 Å². The number of anilines is 3. The molecule has 0 unspecified atom stereocenters. The molecule has 0 atom stereocenters. The van der Waals surface area contributed by atoms with E-state index >= 15 is 0 Å². The summed E-state index contributed by atoms with van der Waals surface area (Å²) in [4.78, 5) is 0.